The molecule has 0 radical (unpaired) electrons. The van der Waals surface area contributed by atoms with Gasteiger partial charge >= 0.3 is 0 Å². The molecule has 0 heterocycles. The third kappa shape index (κ3) is 4.92. The number of rotatable bonds is 6. The lowest BCUT2D eigenvalue weighted by Crippen LogP contribution is -2.35. The number of halogens is 1. The van der Waals surface area contributed by atoms with Crippen LogP contribution in [0.5, 0.6) is 17.2 Å². The van der Waals surface area contributed by atoms with E-state index in [4.69, 9.17) is 19.9 Å². The molecule has 1 amide bonds. The van der Waals surface area contributed by atoms with Crippen LogP contribution in [0.2, 0.25) is 0 Å². The van der Waals surface area contributed by atoms with Crippen LogP contribution in [0.15, 0.2) is 12.1 Å². The van der Waals surface area contributed by atoms with E-state index in [1.165, 1.54) is 0 Å². The third-order valence-corrected chi connectivity index (χ3v) is 4.36. The molecule has 1 aromatic rings. The van der Waals surface area contributed by atoms with Crippen molar-refractivity contribution in [1.29, 1.82) is 0 Å². The summed E-state index contributed by atoms with van der Waals surface area (Å²) in [6.45, 7) is 0. The summed E-state index contributed by atoms with van der Waals surface area (Å²) in [5, 5.41) is 2.90. The van der Waals surface area contributed by atoms with E-state index in [-0.39, 0.29) is 30.3 Å². The third-order valence-electron chi connectivity index (χ3n) is 4.36. The predicted octanol–water partition coefficient (Wildman–Crippen LogP) is 2.98. The Kier molecular flexibility index (Phi) is 8.15. The van der Waals surface area contributed by atoms with Crippen LogP contribution in [-0.4, -0.2) is 33.3 Å². The minimum absolute atomic E-state index is 0. The molecule has 24 heavy (non-hydrogen) atoms. The van der Waals surface area contributed by atoms with E-state index in [9.17, 15) is 4.79 Å². The van der Waals surface area contributed by atoms with Gasteiger partial charge in [0.25, 0.3) is 0 Å². The molecule has 2 unspecified atom stereocenters. The first kappa shape index (κ1) is 20.4. The topological polar surface area (TPSA) is 82.8 Å². The second-order valence-electron chi connectivity index (χ2n) is 5.87. The van der Waals surface area contributed by atoms with Gasteiger partial charge in [0.1, 0.15) is 0 Å². The predicted molar refractivity (Wildman–Crippen MR) is 96.5 cm³/mol. The van der Waals surface area contributed by atoms with E-state index in [1.54, 1.807) is 33.5 Å². The number of hydrogen-bond donors (Lipinski definition) is 2. The second-order valence-corrected chi connectivity index (χ2v) is 5.87. The molecule has 0 aromatic heterocycles. The van der Waals surface area contributed by atoms with Crippen LogP contribution >= 0.6 is 12.4 Å². The van der Waals surface area contributed by atoms with Gasteiger partial charge in [-0.15, -0.1) is 12.4 Å². The number of carbonyl (C=O) groups is 1. The lowest BCUT2D eigenvalue weighted by molar-refractivity contribution is -0.117. The Morgan fingerprint density at radius 2 is 1.71 bits per heavy atom. The Labute approximate surface area is 149 Å². The molecule has 7 heteroatoms. The molecule has 0 bridgehead atoms. The molecule has 1 fully saturated rings. The SMILES string of the molecule is COc1cc(NC(=O)CC2CCCCC2N)cc(OC)c1OC.Cl. The van der Waals surface area contributed by atoms with Gasteiger partial charge < -0.3 is 25.3 Å². The standard InChI is InChI=1S/C17H26N2O4.ClH/c1-21-14-9-12(10-15(22-2)17(14)23-3)19-16(20)8-11-6-4-5-7-13(11)18;/h9-11,13H,4-8,18H2,1-3H3,(H,19,20);1H. The molecule has 6 nitrogen and oxygen atoms in total. The molecule has 0 spiro atoms. The molecule has 1 aromatic carbocycles. The average Bonchev–Trinajstić information content (AvgIpc) is 2.55. The molecule has 1 saturated carbocycles. The zero-order valence-electron chi connectivity index (χ0n) is 14.5. The quantitative estimate of drug-likeness (QED) is 0.816. The van der Waals surface area contributed by atoms with Crippen LogP contribution in [0.3, 0.4) is 0 Å². The van der Waals surface area contributed by atoms with E-state index in [0.29, 0.717) is 29.4 Å². The zero-order chi connectivity index (χ0) is 16.8. The number of nitrogens with two attached hydrogens (primary N) is 1. The Balaban J connectivity index is 0.00000288. The van der Waals surface area contributed by atoms with Crippen molar-refractivity contribution in [3.05, 3.63) is 12.1 Å². The number of ether oxygens (including phenoxy) is 3. The largest absolute Gasteiger partial charge is 0.493 e. The Morgan fingerprint density at radius 1 is 1.12 bits per heavy atom. The normalized spacial score (nSPS) is 19.8. The number of amides is 1. The molecule has 2 atom stereocenters. The second kappa shape index (κ2) is 9.59. The highest BCUT2D eigenvalue weighted by Gasteiger charge is 2.24. The summed E-state index contributed by atoms with van der Waals surface area (Å²) in [5.41, 5.74) is 6.73. The fraction of sp³-hybridized carbons (Fsp3) is 0.588. The smallest absolute Gasteiger partial charge is 0.224 e. The van der Waals surface area contributed by atoms with E-state index in [0.717, 1.165) is 25.7 Å². The van der Waals surface area contributed by atoms with Crippen molar-refractivity contribution in [2.45, 2.75) is 38.1 Å². The van der Waals surface area contributed by atoms with Crippen LogP contribution in [0.4, 0.5) is 5.69 Å². The molecule has 3 N–H and O–H groups in total. The molecular weight excluding hydrogens is 332 g/mol. The fourth-order valence-electron chi connectivity index (χ4n) is 3.09. The molecule has 136 valence electrons. The van der Waals surface area contributed by atoms with Crippen molar-refractivity contribution in [1.82, 2.24) is 0 Å². The van der Waals surface area contributed by atoms with Crippen molar-refractivity contribution < 1.29 is 19.0 Å². The van der Waals surface area contributed by atoms with Gasteiger partial charge in [0, 0.05) is 30.3 Å². The lowest BCUT2D eigenvalue weighted by atomic mass is 9.83. The number of benzene rings is 1. The van der Waals surface area contributed by atoms with Gasteiger partial charge in [0.15, 0.2) is 11.5 Å². The van der Waals surface area contributed by atoms with Crippen molar-refractivity contribution in [3.8, 4) is 17.2 Å². The first-order valence-electron chi connectivity index (χ1n) is 7.94. The average molecular weight is 359 g/mol. The summed E-state index contributed by atoms with van der Waals surface area (Å²) >= 11 is 0. The van der Waals surface area contributed by atoms with Gasteiger partial charge in [-0.3, -0.25) is 4.79 Å². The summed E-state index contributed by atoms with van der Waals surface area (Å²) in [6, 6.07) is 3.56. The van der Waals surface area contributed by atoms with E-state index in [1.807, 2.05) is 0 Å². The van der Waals surface area contributed by atoms with E-state index >= 15 is 0 Å². The summed E-state index contributed by atoms with van der Waals surface area (Å²) in [7, 11) is 4.64. The minimum Gasteiger partial charge on any atom is -0.493 e. The highest BCUT2D eigenvalue weighted by Crippen LogP contribution is 2.40. The van der Waals surface area contributed by atoms with Gasteiger partial charge in [-0.1, -0.05) is 12.8 Å². The van der Waals surface area contributed by atoms with Crippen LogP contribution < -0.4 is 25.3 Å². The van der Waals surface area contributed by atoms with Gasteiger partial charge in [-0.2, -0.15) is 0 Å². The first-order valence-corrected chi connectivity index (χ1v) is 7.94. The van der Waals surface area contributed by atoms with Crippen LogP contribution in [0, 0.1) is 5.92 Å². The van der Waals surface area contributed by atoms with Crippen LogP contribution in [-0.2, 0) is 4.79 Å². The lowest BCUT2D eigenvalue weighted by Gasteiger charge is -2.28. The Bertz CT molecular complexity index is 528. The highest BCUT2D eigenvalue weighted by molar-refractivity contribution is 5.91. The first-order chi connectivity index (χ1) is 11.1. The molecule has 0 saturated heterocycles. The summed E-state index contributed by atoms with van der Waals surface area (Å²) in [6.07, 6.45) is 4.77. The number of carbonyl (C=O) groups excluding carboxylic acids is 1. The minimum atomic E-state index is -0.0402. The molecule has 1 aliphatic carbocycles. The zero-order valence-corrected chi connectivity index (χ0v) is 15.3. The number of methoxy groups -OCH3 is 3. The van der Waals surface area contributed by atoms with E-state index in [2.05, 4.69) is 5.32 Å². The fourth-order valence-corrected chi connectivity index (χ4v) is 3.09. The molecule has 0 aliphatic heterocycles. The van der Waals surface area contributed by atoms with Crippen molar-refractivity contribution >= 4 is 24.0 Å². The van der Waals surface area contributed by atoms with E-state index < -0.39 is 0 Å². The Morgan fingerprint density at radius 3 is 2.21 bits per heavy atom. The van der Waals surface area contributed by atoms with Crippen molar-refractivity contribution in [2.24, 2.45) is 11.7 Å². The Hall–Kier alpha value is -1.66. The maximum absolute atomic E-state index is 12.3. The number of anilines is 1. The monoisotopic (exact) mass is 358 g/mol. The van der Waals surface area contributed by atoms with Crippen LogP contribution in [0.25, 0.3) is 0 Å². The summed E-state index contributed by atoms with van der Waals surface area (Å²) < 4.78 is 15.9. The highest BCUT2D eigenvalue weighted by atomic mass is 35.5. The maximum Gasteiger partial charge on any atom is 0.224 e. The molecule has 1 aliphatic rings. The van der Waals surface area contributed by atoms with Crippen molar-refractivity contribution in [3.63, 3.8) is 0 Å². The molecule has 2 rings (SSSR count). The summed E-state index contributed by atoms with van der Waals surface area (Å²) in [4.78, 5) is 12.3. The van der Waals surface area contributed by atoms with Gasteiger partial charge in [0.2, 0.25) is 11.7 Å². The number of hydrogen-bond acceptors (Lipinski definition) is 5. The van der Waals surface area contributed by atoms with Gasteiger partial charge in [-0.05, 0) is 18.8 Å². The van der Waals surface area contributed by atoms with Crippen molar-refractivity contribution in [2.75, 3.05) is 26.6 Å². The van der Waals surface area contributed by atoms with Gasteiger partial charge in [0.05, 0.1) is 21.3 Å². The summed E-state index contributed by atoms with van der Waals surface area (Å²) in [5.74, 6) is 1.74. The maximum atomic E-state index is 12.3. The van der Waals surface area contributed by atoms with Gasteiger partial charge in [-0.25, -0.2) is 0 Å². The molecular formula is C17H27ClN2O4. The number of nitrogens with one attached hydrogen (secondary N) is 1. The van der Waals surface area contributed by atoms with Crippen LogP contribution in [0.1, 0.15) is 32.1 Å².